The molecule has 0 aliphatic heterocycles. The van der Waals surface area contributed by atoms with Crippen molar-refractivity contribution >= 4 is 0 Å². The fourth-order valence-corrected chi connectivity index (χ4v) is 0.391. The fourth-order valence-electron chi connectivity index (χ4n) is 0.391. The van der Waals surface area contributed by atoms with Gasteiger partial charge >= 0.3 is 0 Å². The zero-order valence-electron chi connectivity index (χ0n) is 4.01. The highest BCUT2D eigenvalue weighted by molar-refractivity contribution is 5.04. The van der Waals surface area contributed by atoms with Gasteiger partial charge in [-0.25, -0.2) is 0 Å². The number of hydrogen-bond donors (Lipinski definition) is 2. The van der Waals surface area contributed by atoms with Crippen molar-refractivity contribution in [2.45, 2.75) is 0 Å². The van der Waals surface area contributed by atoms with E-state index in [1.54, 1.807) is 0 Å². The fraction of sp³-hybridized carbons (Fsp3) is 0. The van der Waals surface area contributed by atoms with Crippen LogP contribution in [-0.2, 0) is 0 Å². The number of H-pyrrole nitrogens is 1. The molecule has 1 rings (SSSR count). The average Bonchev–Trinajstić information content (AvgIpc) is 1.64. The molecule has 1 aromatic heterocycles. The number of aromatic amines is 1. The quantitative estimate of drug-likeness (QED) is 0.489. The van der Waals surface area contributed by atoms with Crippen LogP contribution in [-0.4, -0.2) is 10.1 Å². The van der Waals surface area contributed by atoms with Crippen molar-refractivity contribution in [2.75, 3.05) is 0 Å². The summed E-state index contributed by atoms with van der Waals surface area (Å²) in [5, 5.41) is 8.50. The van der Waals surface area contributed by atoms with Gasteiger partial charge in [0.2, 0.25) is 0 Å². The molecule has 3 nitrogen and oxygen atoms in total. The molecule has 0 fully saturated rings. The first-order chi connectivity index (χ1) is 3.79. The standard InChI is InChI=1S/C5H4NO2/c7-4-2-1-3-5(8)6-4/h1-2H,(H2,6,7,8). The molecule has 1 aromatic rings. The number of rotatable bonds is 0. The average molecular weight is 110 g/mol. The van der Waals surface area contributed by atoms with Gasteiger partial charge < -0.3 is 5.11 Å². The SMILES string of the molecule is O=c1cc[c]c(O)[nH]1. The van der Waals surface area contributed by atoms with Crippen molar-refractivity contribution in [3.05, 3.63) is 28.6 Å². The minimum atomic E-state index is -0.318. The zero-order valence-corrected chi connectivity index (χ0v) is 4.01. The molecule has 8 heavy (non-hydrogen) atoms. The van der Waals surface area contributed by atoms with Crippen LogP contribution in [0.25, 0.3) is 0 Å². The summed E-state index contributed by atoms with van der Waals surface area (Å²) >= 11 is 0. The first-order valence-electron chi connectivity index (χ1n) is 2.09. The number of aromatic nitrogens is 1. The van der Waals surface area contributed by atoms with Crippen molar-refractivity contribution in [1.29, 1.82) is 0 Å². The van der Waals surface area contributed by atoms with Gasteiger partial charge in [-0.1, -0.05) is 0 Å². The van der Waals surface area contributed by atoms with E-state index in [1.807, 2.05) is 0 Å². The highest BCUT2D eigenvalue weighted by atomic mass is 16.3. The Balaban J connectivity index is 3.28. The first-order valence-corrected chi connectivity index (χ1v) is 2.09. The van der Waals surface area contributed by atoms with Crippen LogP contribution in [0.1, 0.15) is 0 Å². The normalized spacial score (nSPS) is 9.00. The topological polar surface area (TPSA) is 53.1 Å². The minimum absolute atomic E-state index is 0.225. The summed E-state index contributed by atoms with van der Waals surface area (Å²) in [4.78, 5) is 12.4. The number of hydrogen-bond acceptors (Lipinski definition) is 2. The van der Waals surface area contributed by atoms with Crippen LogP contribution in [0.15, 0.2) is 16.9 Å². The molecule has 0 atom stereocenters. The summed E-state index contributed by atoms with van der Waals surface area (Å²) in [7, 11) is 0. The third-order valence-electron chi connectivity index (χ3n) is 0.696. The highest BCUT2D eigenvalue weighted by Gasteiger charge is 1.82. The van der Waals surface area contributed by atoms with E-state index in [0.29, 0.717) is 0 Å². The Morgan fingerprint density at radius 1 is 1.75 bits per heavy atom. The van der Waals surface area contributed by atoms with Gasteiger partial charge in [-0.05, 0) is 6.07 Å². The summed E-state index contributed by atoms with van der Waals surface area (Å²) in [5.41, 5.74) is -0.318. The van der Waals surface area contributed by atoms with E-state index in [-0.39, 0.29) is 11.4 Å². The molecule has 0 bridgehead atoms. The predicted octanol–water partition coefficient (Wildman–Crippen LogP) is -0.119. The molecule has 0 saturated carbocycles. The first kappa shape index (κ1) is 4.90. The molecule has 0 saturated heterocycles. The second-order valence-electron chi connectivity index (χ2n) is 1.32. The lowest BCUT2D eigenvalue weighted by Crippen LogP contribution is -2.00. The lowest BCUT2D eigenvalue weighted by molar-refractivity contribution is 0.450. The van der Waals surface area contributed by atoms with Crippen molar-refractivity contribution in [1.82, 2.24) is 4.98 Å². The highest BCUT2D eigenvalue weighted by Crippen LogP contribution is 1.91. The van der Waals surface area contributed by atoms with Crippen LogP contribution >= 0.6 is 0 Å². The van der Waals surface area contributed by atoms with Gasteiger partial charge in [0.05, 0.1) is 0 Å². The molecule has 0 aliphatic rings. The van der Waals surface area contributed by atoms with Gasteiger partial charge in [0, 0.05) is 12.1 Å². The number of pyridine rings is 1. The second-order valence-corrected chi connectivity index (χ2v) is 1.32. The molecule has 1 heterocycles. The van der Waals surface area contributed by atoms with Gasteiger partial charge in [0.1, 0.15) is 0 Å². The van der Waals surface area contributed by atoms with Gasteiger partial charge in [-0.2, -0.15) is 0 Å². The molecular formula is C5H4NO2. The van der Waals surface area contributed by atoms with Crippen LogP contribution in [0, 0.1) is 6.07 Å². The Hall–Kier alpha value is -1.25. The van der Waals surface area contributed by atoms with Crippen LogP contribution in [0.5, 0.6) is 5.88 Å². The van der Waals surface area contributed by atoms with Gasteiger partial charge in [0.25, 0.3) is 5.56 Å². The van der Waals surface area contributed by atoms with Gasteiger partial charge in [-0.15, -0.1) is 0 Å². The molecule has 1 radical (unpaired) electrons. The molecule has 41 valence electrons. The smallest absolute Gasteiger partial charge is 0.250 e. The maximum absolute atomic E-state index is 10.3. The maximum atomic E-state index is 10.3. The summed E-state index contributed by atoms with van der Waals surface area (Å²) in [6.45, 7) is 0. The van der Waals surface area contributed by atoms with E-state index in [9.17, 15) is 4.79 Å². The monoisotopic (exact) mass is 110 g/mol. The molecular weight excluding hydrogens is 106 g/mol. The Labute approximate surface area is 45.6 Å². The molecule has 3 heteroatoms. The maximum Gasteiger partial charge on any atom is 0.250 e. The third-order valence-corrected chi connectivity index (χ3v) is 0.696. The van der Waals surface area contributed by atoms with Crippen LogP contribution in [0.2, 0.25) is 0 Å². The van der Waals surface area contributed by atoms with Crippen LogP contribution in [0.4, 0.5) is 0 Å². The largest absolute Gasteiger partial charge is 0.494 e. The zero-order chi connectivity index (χ0) is 5.98. The Morgan fingerprint density at radius 2 is 2.50 bits per heavy atom. The third kappa shape index (κ3) is 0.872. The van der Waals surface area contributed by atoms with E-state index in [2.05, 4.69) is 11.1 Å². The van der Waals surface area contributed by atoms with Crippen molar-refractivity contribution in [3.8, 4) is 5.88 Å². The lowest BCUT2D eigenvalue weighted by Gasteiger charge is -1.83. The summed E-state index contributed by atoms with van der Waals surface area (Å²) in [6.07, 6.45) is 0. The Kier molecular flexibility index (Phi) is 1.04. The van der Waals surface area contributed by atoms with E-state index >= 15 is 0 Å². The Bertz CT molecular complexity index is 228. The summed E-state index contributed by atoms with van der Waals surface area (Å²) < 4.78 is 0. The summed E-state index contributed by atoms with van der Waals surface area (Å²) in [6, 6.07) is 5.00. The van der Waals surface area contributed by atoms with Gasteiger partial charge in [-0.3, -0.25) is 9.78 Å². The van der Waals surface area contributed by atoms with E-state index in [0.717, 1.165) is 0 Å². The molecule has 0 aliphatic carbocycles. The van der Waals surface area contributed by atoms with Crippen molar-refractivity contribution < 1.29 is 5.11 Å². The summed E-state index contributed by atoms with van der Waals surface area (Å²) in [5.74, 6) is -0.225. The van der Waals surface area contributed by atoms with E-state index in [1.165, 1.54) is 12.1 Å². The molecule has 0 amide bonds. The molecule has 0 spiro atoms. The van der Waals surface area contributed by atoms with Crippen LogP contribution in [0.3, 0.4) is 0 Å². The molecule has 0 aromatic carbocycles. The molecule has 0 unspecified atom stereocenters. The predicted molar refractivity (Wildman–Crippen MR) is 27.6 cm³/mol. The van der Waals surface area contributed by atoms with Gasteiger partial charge in [0.15, 0.2) is 5.88 Å². The second kappa shape index (κ2) is 1.69. The lowest BCUT2D eigenvalue weighted by atomic mass is 10.5. The van der Waals surface area contributed by atoms with Crippen molar-refractivity contribution in [3.63, 3.8) is 0 Å². The van der Waals surface area contributed by atoms with Crippen molar-refractivity contribution in [2.24, 2.45) is 0 Å². The number of nitrogens with one attached hydrogen (secondary N) is 1. The molecule has 2 N–H and O–H groups in total. The number of aromatic hydroxyl groups is 1. The Morgan fingerprint density at radius 3 is 2.88 bits per heavy atom. The van der Waals surface area contributed by atoms with E-state index < -0.39 is 0 Å². The van der Waals surface area contributed by atoms with Crippen LogP contribution < -0.4 is 5.56 Å². The van der Waals surface area contributed by atoms with E-state index in [4.69, 9.17) is 5.11 Å². The minimum Gasteiger partial charge on any atom is -0.494 e.